The van der Waals surface area contributed by atoms with Crippen LogP contribution in [0.3, 0.4) is 0 Å². The molecule has 2 aromatic rings. The molecule has 1 aliphatic heterocycles. The molecule has 2 aromatic carbocycles. The zero-order valence-corrected chi connectivity index (χ0v) is 19.0. The maximum absolute atomic E-state index is 12.5. The van der Waals surface area contributed by atoms with E-state index in [0.717, 1.165) is 56.3 Å². The van der Waals surface area contributed by atoms with Gasteiger partial charge >= 0.3 is 0 Å². The van der Waals surface area contributed by atoms with Crippen molar-refractivity contribution in [3.63, 3.8) is 0 Å². The largest absolute Gasteiger partial charge is 0.494 e. The molecule has 0 radical (unpaired) electrons. The maximum atomic E-state index is 12.5. The van der Waals surface area contributed by atoms with Crippen LogP contribution in [0.5, 0.6) is 5.75 Å². The third kappa shape index (κ3) is 7.06. The second kappa shape index (κ2) is 12.0. The Labute approximate surface area is 185 Å². The Morgan fingerprint density at radius 3 is 2.73 bits per heavy atom. The van der Waals surface area contributed by atoms with Crippen LogP contribution in [0.1, 0.15) is 36.5 Å². The Morgan fingerprint density at radius 1 is 1.17 bits per heavy atom. The summed E-state index contributed by atoms with van der Waals surface area (Å²) in [5.74, 6) is 3.27. The van der Waals surface area contributed by atoms with Crippen molar-refractivity contribution in [3.05, 3.63) is 65.2 Å². The van der Waals surface area contributed by atoms with Gasteiger partial charge in [0.25, 0.3) is 0 Å². The molecule has 0 saturated carbocycles. The van der Waals surface area contributed by atoms with Crippen molar-refractivity contribution in [3.8, 4) is 5.75 Å². The minimum atomic E-state index is 0.150. The first-order chi connectivity index (χ1) is 14.7. The number of thioether (sulfide) groups is 1. The van der Waals surface area contributed by atoms with Crippen LogP contribution < -0.4 is 10.1 Å². The Morgan fingerprint density at radius 2 is 1.97 bits per heavy atom. The molecule has 4 nitrogen and oxygen atoms in total. The summed E-state index contributed by atoms with van der Waals surface area (Å²) in [5.41, 5.74) is 3.99. The summed E-state index contributed by atoms with van der Waals surface area (Å²) < 4.78 is 5.60. The Bertz CT molecular complexity index is 803. The van der Waals surface area contributed by atoms with Gasteiger partial charge in [0.05, 0.1) is 6.61 Å². The molecule has 162 valence electrons. The van der Waals surface area contributed by atoms with Crippen molar-refractivity contribution in [1.29, 1.82) is 0 Å². The highest BCUT2D eigenvalue weighted by molar-refractivity contribution is 7.98. The molecule has 1 aliphatic rings. The predicted octanol–water partition coefficient (Wildman–Crippen LogP) is 4.66. The number of benzene rings is 2. The molecule has 5 heteroatoms. The molecule has 0 spiro atoms. The topological polar surface area (TPSA) is 41.6 Å². The van der Waals surface area contributed by atoms with Gasteiger partial charge in [-0.1, -0.05) is 36.4 Å². The molecular formula is C25H34N2O2S. The summed E-state index contributed by atoms with van der Waals surface area (Å²) in [7, 11) is 0. The van der Waals surface area contributed by atoms with Crippen molar-refractivity contribution in [2.45, 2.75) is 39.0 Å². The van der Waals surface area contributed by atoms with Crippen molar-refractivity contribution in [2.24, 2.45) is 5.92 Å². The van der Waals surface area contributed by atoms with Crippen molar-refractivity contribution in [1.82, 2.24) is 10.2 Å². The minimum Gasteiger partial charge on any atom is -0.494 e. The molecule has 0 aliphatic carbocycles. The lowest BCUT2D eigenvalue weighted by Crippen LogP contribution is -2.40. The fraction of sp³-hybridized carbons (Fsp3) is 0.480. The summed E-state index contributed by atoms with van der Waals surface area (Å²) in [6.07, 6.45) is 1.88. The SMILES string of the molecule is CCOc1cccc(CN2CCC(C(=O)NCCSCc3ccccc3C)CC2)c1. The zero-order chi connectivity index (χ0) is 21.2. The maximum Gasteiger partial charge on any atom is 0.223 e. The van der Waals surface area contributed by atoms with E-state index < -0.39 is 0 Å². The van der Waals surface area contributed by atoms with Gasteiger partial charge in [-0.05, 0) is 68.6 Å². The van der Waals surface area contributed by atoms with Crippen LogP contribution in [0.15, 0.2) is 48.5 Å². The first-order valence-corrected chi connectivity index (χ1v) is 12.1. The summed E-state index contributed by atoms with van der Waals surface area (Å²) in [6, 6.07) is 16.8. The third-order valence-electron chi connectivity index (χ3n) is 5.64. The van der Waals surface area contributed by atoms with Crippen LogP contribution in [0.4, 0.5) is 0 Å². The molecule has 30 heavy (non-hydrogen) atoms. The monoisotopic (exact) mass is 426 g/mol. The average Bonchev–Trinajstić information content (AvgIpc) is 2.76. The first-order valence-electron chi connectivity index (χ1n) is 11.0. The number of carbonyl (C=O) groups is 1. The Kier molecular flexibility index (Phi) is 9.09. The smallest absolute Gasteiger partial charge is 0.223 e. The Balaban J connectivity index is 1.32. The lowest BCUT2D eigenvalue weighted by molar-refractivity contribution is -0.126. The van der Waals surface area contributed by atoms with Gasteiger partial charge in [0.15, 0.2) is 0 Å². The molecular weight excluding hydrogens is 392 g/mol. The zero-order valence-electron chi connectivity index (χ0n) is 18.2. The van der Waals surface area contributed by atoms with E-state index in [4.69, 9.17) is 4.74 Å². The number of nitrogens with zero attached hydrogens (tertiary/aromatic N) is 1. The summed E-state index contributed by atoms with van der Waals surface area (Å²) in [4.78, 5) is 14.9. The first kappa shape index (κ1) is 22.7. The fourth-order valence-corrected chi connectivity index (χ4v) is 4.79. The quantitative estimate of drug-likeness (QED) is 0.561. The minimum absolute atomic E-state index is 0.150. The molecule has 1 amide bonds. The number of hydrogen-bond donors (Lipinski definition) is 1. The molecule has 1 saturated heterocycles. The van der Waals surface area contributed by atoms with Crippen LogP contribution in [0, 0.1) is 12.8 Å². The molecule has 3 rings (SSSR count). The molecule has 0 aromatic heterocycles. The number of piperidine rings is 1. The molecule has 1 N–H and O–H groups in total. The van der Waals surface area contributed by atoms with E-state index in [0.29, 0.717) is 6.61 Å². The van der Waals surface area contributed by atoms with Crippen LogP contribution in [0.25, 0.3) is 0 Å². The van der Waals surface area contributed by atoms with Gasteiger partial charge in [0, 0.05) is 30.5 Å². The number of carbonyl (C=O) groups excluding carboxylic acids is 1. The number of hydrogen-bond acceptors (Lipinski definition) is 4. The number of likely N-dealkylation sites (tertiary alicyclic amines) is 1. The second-order valence-corrected chi connectivity index (χ2v) is 9.01. The summed E-state index contributed by atoms with van der Waals surface area (Å²) in [6.45, 7) is 8.46. The van der Waals surface area contributed by atoms with Crippen LogP contribution in [-0.2, 0) is 17.1 Å². The molecule has 1 heterocycles. The summed E-state index contributed by atoms with van der Waals surface area (Å²) >= 11 is 1.88. The van der Waals surface area contributed by atoms with Crippen LogP contribution in [0.2, 0.25) is 0 Å². The van der Waals surface area contributed by atoms with Gasteiger partial charge in [0.2, 0.25) is 5.91 Å². The average molecular weight is 427 g/mol. The predicted molar refractivity (Wildman–Crippen MR) is 126 cm³/mol. The number of rotatable bonds is 10. The van der Waals surface area contributed by atoms with E-state index in [-0.39, 0.29) is 11.8 Å². The highest BCUT2D eigenvalue weighted by atomic mass is 32.2. The van der Waals surface area contributed by atoms with Gasteiger partial charge in [0.1, 0.15) is 5.75 Å². The molecule has 0 bridgehead atoms. The Hall–Kier alpha value is -1.98. The van der Waals surface area contributed by atoms with Crippen molar-refractivity contribution >= 4 is 17.7 Å². The van der Waals surface area contributed by atoms with Gasteiger partial charge in [-0.3, -0.25) is 9.69 Å². The van der Waals surface area contributed by atoms with Gasteiger partial charge < -0.3 is 10.1 Å². The highest BCUT2D eigenvalue weighted by Crippen LogP contribution is 2.21. The third-order valence-corrected chi connectivity index (χ3v) is 6.65. The molecule has 0 unspecified atom stereocenters. The number of amides is 1. The van der Waals surface area contributed by atoms with E-state index in [1.165, 1.54) is 16.7 Å². The number of nitrogens with one attached hydrogen (secondary N) is 1. The lowest BCUT2D eigenvalue weighted by Gasteiger charge is -2.31. The molecule has 1 fully saturated rings. The van der Waals surface area contributed by atoms with Crippen molar-refractivity contribution < 1.29 is 9.53 Å². The van der Waals surface area contributed by atoms with Gasteiger partial charge in [-0.2, -0.15) is 11.8 Å². The highest BCUT2D eigenvalue weighted by Gasteiger charge is 2.24. The van der Waals surface area contributed by atoms with Crippen LogP contribution in [-0.4, -0.2) is 42.8 Å². The summed E-state index contributed by atoms with van der Waals surface area (Å²) in [5, 5.41) is 3.14. The second-order valence-electron chi connectivity index (χ2n) is 7.90. The fourth-order valence-electron chi connectivity index (χ4n) is 3.86. The van der Waals surface area contributed by atoms with E-state index in [2.05, 4.69) is 59.6 Å². The van der Waals surface area contributed by atoms with E-state index in [9.17, 15) is 4.79 Å². The molecule has 0 atom stereocenters. The lowest BCUT2D eigenvalue weighted by atomic mass is 9.95. The number of ether oxygens (including phenoxy) is 1. The van der Waals surface area contributed by atoms with Crippen molar-refractivity contribution in [2.75, 3.05) is 32.0 Å². The van der Waals surface area contributed by atoms with Gasteiger partial charge in [-0.15, -0.1) is 0 Å². The standard InChI is InChI=1S/C25H34N2O2S/c1-3-29-24-10-6-8-21(17-24)18-27-14-11-22(12-15-27)25(28)26-13-16-30-19-23-9-5-4-7-20(23)2/h4-10,17,22H,3,11-16,18-19H2,1-2H3,(H,26,28). The van der Waals surface area contributed by atoms with Gasteiger partial charge in [-0.25, -0.2) is 0 Å². The van der Waals surface area contributed by atoms with E-state index in [1.807, 2.05) is 24.8 Å². The normalized spacial score (nSPS) is 15.1. The van der Waals surface area contributed by atoms with E-state index >= 15 is 0 Å². The number of aryl methyl sites for hydroxylation is 1. The van der Waals surface area contributed by atoms with Crippen LogP contribution >= 0.6 is 11.8 Å². The van der Waals surface area contributed by atoms with E-state index in [1.54, 1.807) is 0 Å².